The highest BCUT2D eigenvalue weighted by atomic mass is 19.3. The van der Waals surface area contributed by atoms with Crippen LogP contribution < -0.4 is 4.74 Å². The van der Waals surface area contributed by atoms with E-state index in [2.05, 4.69) is 10.2 Å². The molecule has 2 aromatic heterocycles. The lowest BCUT2D eigenvalue weighted by Gasteiger charge is -2.27. The summed E-state index contributed by atoms with van der Waals surface area (Å²) < 4.78 is 73.4. The molecule has 1 aliphatic heterocycles. The van der Waals surface area contributed by atoms with Gasteiger partial charge in [0.25, 0.3) is 5.92 Å². The Morgan fingerprint density at radius 3 is 2.71 bits per heavy atom. The summed E-state index contributed by atoms with van der Waals surface area (Å²) in [5.41, 5.74) is -0.333. The average molecular weight is 491 g/mol. The van der Waals surface area contributed by atoms with Crippen LogP contribution in [0.5, 0.6) is 5.75 Å². The number of methoxy groups -OCH3 is 1. The summed E-state index contributed by atoms with van der Waals surface area (Å²) >= 11 is 0. The van der Waals surface area contributed by atoms with Gasteiger partial charge in [0.2, 0.25) is 0 Å². The molecular weight excluding hydrogens is 470 g/mol. The number of ether oxygens (including phenoxy) is 2. The molecule has 0 spiro atoms. The Morgan fingerprint density at radius 1 is 1.29 bits per heavy atom. The molecule has 184 valence electrons. The van der Waals surface area contributed by atoms with Crippen molar-refractivity contribution in [1.29, 1.82) is 0 Å². The first-order valence-electron chi connectivity index (χ1n) is 10.9. The summed E-state index contributed by atoms with van der Waals surface area (Å²) in [6.07, 6.45) is 0.580. The molecule has 2 N–H and O–H groups in total. The third-order valence-electron chi connectivity index (χ3n) is 6.38. The van der Waals surface area contributed by atoms with Crippen LogP contribution >= 0.6 is 0 Å². The SMILES string of the molecule is COc1cc(-n2c(C3CCOCC3)c(C(F)(F)CC(=O)O)c3c(F)c4[nH]ncc4cc32)ccc1F. The lowest BCUT2D eigenvalue weighted by Crippen LogP contribution is -2.24. The first-order chi connectivity index (χ1) is 16.7. The zero-order valence-electron chi connectivity index (χ0n) is 18.6. The number of H-pyrrole nitrogens is 1. The van der Waals surface area contributed by atoms with Crippen molar-refractivity contribution in [2.75, 3.05) is 20.3 Å². The van der Waals surface area contributed by atoms with Crippen molar-refractivity contribution in [3.05, 3.63) is 53.4 Å². The molecule has 1 aliphatic rings. The minimum Gasteiger partial charge on any atom is -0.494 e. The van der Waals surface area contributed by atoms with Gasteiger partial charge in [-0.3, -0.25) is 9.89 Å². The van der Waals surface area contributed by atoms with Crippen molar-refractivity contribution in [1.82, 2.24) is 14.8 Å². The van der Waals surface area contributed by atoms with Crippen molar-refractivity contribution in [2.24, 2.45) is 0 Å². The van der Waals surface area contributed by atoms with Gasteiger partial charge in [-0.05, 0) is 31.0 Å². The van der Waals surface area contributed by atoms with Crippen LogP contribution in [0.3, 0.4) is 0 Å². The van der Waals surface area contributed by atoms with Gasteiger partial charge in [0.15, 0.2) is 17.4 Å². The monoisotopic (exact) mass is 491 g/mol. The van der Waals surface area contributed by atoms with E-state index >= 15 is 13.2 Å². The number of alkyl halides is 2. The van der Waals surface area contributed by atoms with E-state index in [-0.39, 0.29) is 28.2 Å². The summed E-state index contributed by atoms with van der Waals surface area (Å²) in [4.78, 5) is 11.4. The van der Waals surface area contributed by atoms with Gasteiger partial charge in [0.1, 0.15) is 11.9 Å². The number of benzene rings is 2. The number of nitrogens with zero attached hydrogens (tertiary/aromatic N) is 2. The Kier molecular flexibility index (Phi) is 5.66. The number of carboxylic acids is 1. The van der Waals surface area contributed by atoms with Gasteiger partial charge in [-0.15, -0.1) is 0 Å². The molecule has 0 saturated carbocycles. The number of halogens is 4. The molecule has 0 unspecified atom stereocenters. The quantitative estimate of drug-likeness (QED) is 0.360. The number of nitrogens with one attached hydrogen (secondary N) is 1. The maximum Gasteiger partial charge on any atom is 0.309 e. The van der Waals surface area contributed by atoms with E-state index in [0.29, 0.717) is 31.4 Å². The predicted octanol–water partition coefficient (Wildman–Crippen LogP) is 5.25. The molecule has 0 bridgehead atoms. The molecule has 2 aromatic carbocycles. The van der Waals surface area contributed by atoms with Crippen LogP contribution in [0.2, 0.25) is 0 Å². The Labute approximate surface area is 196 Å². The van der Waals surface area contributed by atoms with E-state index in [4.69, 9.17) is 9.47 Å². The maximum atomic E-state index is 15.8. The van der Waals surface area contributed by atoms with E-state index in [1.54, 1.807) is 0 Å². The molecule has 35 heavy (non-hydrogen) atoms. The molecule has 0 amide bonds. The zero-order chi connectivity index (χ0) is 24.9. The fraction of sp³-hybridized carbons (Fsp3) is 0.333. The number of rotatable bonds is 6. The summed E-state index contributed by atoms with van der Waals surface area (Å²) in [6, 6.07) is 5.37. The van der Waals surface area contributed by atoms with Crippen LogP contribution in [-0.2, 0) is 15.5 Å². The van der Waals surface area contributed by atoms with Crippen molar-refractivity contribution < 1.29 is 36.9 Å². The van der Waals surface area contributed by atoms with Crippen LogP contribution in [0, 0.1) is 11.6 Å². The normalized spacial score (nSPS) is 15.2. The lowest BCUT2D eigenvalue weighted by molar-refractivity contribution is -0.145. The molecule has 0 aliphatic carbocycles. The fourth-order valence-corrected chi connectivity index (χ4v) is 4.89. The third-order valence-corrected chi connectivity index (χ3v) is 6.38. The fourth-order valence-electron chi connectivity index (χ4n) is 4.89. The Hall–Kier alpha value is -3.60. The van der Waals surface area contributed by atoms with Crippen molar-refractivity contribution in [3.63, 3.8) is 0 Å². The summed E-state index contributed by atoms with van der Waals surface area (Å²) in [5.74, 6) is -7.85. The number of aromatic amines is 1. The molecule has 1 fully saturated rings. The lowest BCUT2D eigenvalue weighted by atomic mass is 9.89. The first kappa shape index (κ1) is 23.2. The second kappa shape index (κ2) is 8.56. The van der Waals surface area contributed by atoms with Crippen molar-refractivity contribution in [3.8, 4) is 11.4 Å². The van der Waals surface area contributed by atoms with Crippen LogP contribution in [0.1, 0.15) is 36.4 Å². The van der Waals surface area contributed by atoms with Gasteiger partial charge in [-0.25, -0.2) is 17.6 Å². The highest BCUT2D eigenvalue weighted by Gasteiger charge is 2.44. The van der Waals surface area contributed by atoms with Gasteiger partial charge in [0, 0.05) is 47.4 Å². The number of aliphatic carboxylic acids is 1. The summed E-state index contributed by atoms with van der Waals surface area (Å²) in [6.45, 7) is 0.603. The second-order valence-corrected chi connectivity index (χ2v) is 8.50. The Balaban J connectivity index is 1.95. The zero-order valence-corrected chi connectivity index (χ0v) is 18.6. The molecule has 11 heteroatoms. The molecule has 3 heterocycles. The topological polar surface area (TPSA) is 89.4 Å². The van der Waals surface area contributed by atoms with Gasteiger partial charge < -0.3 is 19.1 Å². The van der Waals surface area contributed by atoms with Gasteiger partial charge in [0.05, 0.1) is 24.4 Å². The van der Waals surface area contributed by atoms with Gasteiger partial charge in [-0.1, -0.05) is 0 Å². The van der Waals surface area contributed by atoms with Gasteiger partial charge in [-0.2, -0.15) is 5.10 Å². The highest BCUT2D eigenvalue weighted by molar-refractivity contribution is 6.00. The molecule has 5 rings (SSSR count). The standard InChI is InChI=1S/C24H21F4N3O4/c1-34-17-9-14(2-3-15(17)25)31-16-8-13-11-29-30-22(13)21(26)19(16)20(24(27,28)10-18(32)33)23(31)12-4-6-35-7-5-12/h2-3,8-9,11-12H,4-7,10H2,1H3,(H,29,30)(H,32,33). The number of hydrogen-bond acceptors (Lipinski definition) is 4. The Morgan fingerprint density at radius 2 is 2.03 bits per heavy atom. The van der Waals surface area contributed by atoms with Crippen LogP contribution in [0.4, 0.5) is 17.6 Å². The van der Waals surface area contributed by atoms with Crippen LogP contribution in [0.15, 0.2) is 30.5 Å². The number of fused-ring (bicyclic) bond motifs is 2. The number of carboxylic acid groups (broad SMARTS) is 1. The molecule has 4 aromatic rings. The number of carbonyl (C=O) groups is 1. The van der Waals surface area contributed by atoms with Gasteiger partial charge >= 0.3 is 5.97 Å². The average Bonchev–Trinajstić information content (AvgIpc) is 3.43. The summed E-state index contributed by atoms with van der Waals surface area (Å²) in [5, 5.41) is 15.5. The third kappa shape index (κ3) is 3.79. The van der Waals surface area contributed by atoms with Crippen LogP contribution in [0.25, 0.3) is 27.5 Å². The molecular formula is C24H21F4N3O4. The maximum absolute atomic E-state index is 15.8. The van der Waals surface area contributed by atoms with Crippen molar-refractivity contribution in [2.45, 2.75) is 31.1 Å². The Bertz CT molecular complexity index is 1440. The van der Waals surface area contributed by atoms with E-state index in [1.807, 2.05) is 0 Å². The molecule has 1 saturated heterocycles. The highest BCUT2D eigenvalue weighted by Crippen LogP contribution is 2.48. The largest absolute Gasteiger partial charge is 0.494 e. The van der Waals surface area contributed by atoms with E-state index in [0.717, 1.165) is 6.07 Å². The molecule has 0 atom stereocenters. The van der Waals surface area contributed by atoms with Crippen molar-refractivity contribution >= 4 is 27.8 Å². The van der Waals surface area contributed by atoms with E-state index < -0.39 is 46.8 Å². The van der Waals surface area contributed by atoms with Crippen LogP contribution in [-0.4, -0.2) is 46.2 Å². The summed E-state index contributed by atoms with van der Waals surface area (Å²) in [7, 11) is 1.27. The molecule has 7 nitrogen and oxygen atoms in total. The second-order valence-electron chi connectivity index (χ2n) is 8.50. The minimum absolute atomic E-state index is 0.0720. The number of aromatic nitrogens is 3. The molecule has 0 radical (unpaired) electrons. The smallest absolute Gasteiger partial charge is 0.309 e. The predicted molar refractivity (Wildman–Crippen MR) is 118 cm³/mol. The first-order valence-corrected chi connectivity index (χ1v) is 10.9. The van der Waals surface area contributed by atoms with E-state index in [1.165, 1.54) is 36.1 Å². The van der Waals surface area contributed by atoms with E-state index in [9.17, 15) is 14.3 Å². The minimum atomic E-state index is -3.90. The number of hydrogen-bond donors (Lipinski definition) is 2.